The molecule has 7 heteroatoms. The highest BCUT2D eigenvalue weighted by Crippen LogP contribution is 2.44. The Morgan fingerprint density at radius 1 is 1.09 bits per heavy atom. The predicted octanol–water partition coefficient (Wildman–Crippen LogP) is 4.70. The zero-order valence-electron chi connectivity index (χ0n) is 13.7. The van der Waals surface area contributed by atoms with Gasteiger partial charge in [-0.15, -0.1) is 0 Å². The fourth-order valence-electron chi connectivity index (χ4n) is 1.93. The second-order valence-electron chi connectivity index (χ2n) is 5.42. The molecule has 0 heterocycles. The molecule has 0 amide bonds. The van der Waals surface area contributed by atoms with E-state index in [0.29, 0.717) is 6.42 Å². The molecule has 0 aliphatic heterocycles. The fourth-order valence-corrected chi connectivity index (χ4v) is 2.52. The quantitative estimate of drug-likeness (QED) is 0.271. The first-order chi connectivity index (χ1) is 10.9. The van der Waals surface area contributed by atoms with E-state index < -0.39 is 13.8 Å². The minimum atomic E-state index is -4.48. The van der Waals surface area contributed by atoms with E-state index in [4.69, 9.17) is 4.52 Å². The van der Waals surface area contributed by atoms with Crippen LogP contribution in [0.1, 0.15) is 57.4 Å². The Bertz CT molecular complexity index is 514. The van der Waals surface area contributed by atoms with Gasteiger partial charge in [-0.1, -0.05) is 61.4 Å². The standard InChI is InChI=1S/C16H25O6P/c1-3-4-5-6-7-8-9-16(17)20-22-23(18,19)21-15-12-10-14(2)11-13-15/h10-13H,3-9H2,1-2H3,(H,18,19). The molecule has 1 rings (SSSR count). The van der Waals surface area contributed by atoms with E-state index >= 15 is 0 Å². The molecule has 130 valence electrons. The Kier molecular flexibility index (Phi) is 8.92. The second-order valence-corrected chi connectivity index (χ2v) is 6.69. The number of carbonyl (C=O) groups excluding carboxylic acids is 1. The topological polar surface area (TPSA) is 82.1 Å². The van der Waals surface area contributed by atoms with Gasteiger partial charge in [-0.05, 0) is 25.5 Å². The van der Waals surface area contributed by atoms with Gasteiger partial charge in [0.1, 0.15) is 5.75 Å². The number of hydrogen-bond acceptors (Lipinski definition) is 5. The third kappa shape index (κ3) is 9.39. The summed E-state index contributed by atoms with van der Waals surface area (Å²) in [5.74, 6) is -0.518. The number of aryl methyl sites for hydroxylation is 1. The van der Waals surface area contributed by atoms with Crippen LogP contribution in [-0.4, -0.2) is 10.9 Å². The minimum Gasteiger partial charge on any atom is -0.402 e. The Hall–Kier alpha value is -1.36. The lowest BCUT2D eigenvalue weighted by atomic mass is 10.1. The van der Waals surface area contributed by atoms with Crippen molar-refractivity contribution < 1.29 is 28.3 Å². The molecule has 1 aromatic rings. The Balaban J connectivity index is 2.22. The molecule has 1 atom stereocenters. The van der Waals surface area contributed by atoms with Gasteiger partial charge in [0.05, 0.1) is 0 Å². The van der Waals surface area contributed by atoms with Crippen molar-refractivity contribution in [1.82, 2.24) is 0 Å². The smallest absolute Gasteiger partial charge is 0.402 e. The maximum absolute atomic E-state index is 11.7. The van der Waals surface area contributed by atoms with E-state index in [0.717, 1.165) is 24.8 Å². The number of phosphoric ester groups is 1. The Morgan fingerprint density at radius 3 is 2.35 bits per heavy atom. The molecule has 0 aliphatic carbocycles. The monoisotopic (exact) mass is 344 g/mol. The third-order valence-corrected chi connectivity index (χ3v) is 3.91. The van der Waals surface area contributed by atoms with Gasteiger partial charge in [0.15, 0.2) is 0 Å². The highest BCUT2D eigenvalue weighted by Gasteiger charge is 2.26. The normalized spacial score (nSPS) is 13.3. The van der Waals surface area contributed by atoms with E-state index in [9.17, 15) is 14.3 Å². The summed E-state index contributed by atoms with van der Waals surface area (Å²) >= 11 is 0. The molecule has 0 aliphatic rings. The third-order valence-electron chi connectivity index (χ3n) is 3.20. The van der Waals surface area contributed by atoms with Gasteiger partial charge in [-0.25, -0.2) is 9.36 Å². The van der Waals surface area contributed by atoms with Crippen molar-refractivity contribution in [3.63, 3.8) is 0 Å². The maximum Gasteiger partial charge on any atom is 0.564 e. The summed E-state index contributed by atoms with van der Waals surface area (Å²) in [6.45, 7) is 4.02. The van der Waals surface area contributed by atoms with Crippen LogP contribution in [0.5, 0.6) is 5.75 Å². The summed E-state index contributed by atoms with van der Waals surface area (Å²) < 4.78 is 20.7. The lowest BCUT2D eigenvalue weighted by molar-refractivity contribution is -0.221. The molecule has 1 aromatic carbocycles. The molecule has 6 nitrogen and oxygen atoms in total. The highest BCUT2D eigenvalue weighted by molar-refractivity contribution is 7.47. The van der Waals surface area contributed by atoms with Crippen molar-refractivity contribution in [1.29, 1.82) is 0 Å². The summed E-state index contributed by atoms with van der Waals surface area (Å²) in [6, 6.07) is 6.50. The van der Waals surface area contributed by atoms with E-state index in [1.165, 1.54) is 25.0 Å². The SMILES string of the molecule is CCCCCCCCC(=O)OOP(=O)(O)Oc1ccc(C)cc1. The van der Waals surface area contributed by atoms with Crippen molar-refractivity contribution in [2.45, 2.75) is 58.8 Å². The van der Waals surface area contributed by atoms with Crippen LogP contribution in [0.2, 0.25) is 0 Å². The van der Waals surface area contributed by atoms with E-state index in [1.54, 1.807) is 12.1 Å². The summed E-state index contributed by atoms with van der Waals surface area (Å²) in [5, 5.41) is 0. The summed E-state index contributed by atoms with van der Waals surface area (Å²) in [6.07, 6.45) is 6.32. The molecule has 0 saturated carbocycles. The first-order valence-corrected chi connectivity index (χ1v) is 9.40. The summed E-state index contributed by atoms with van der Waals surface area (Å²) in [7, 11) is -4.48. The van der Waals surface area contributed by atoms with Crippen LogP contribution >= 0.6 is 7.82 Å². The number of hydrogen-bond donors (Lipinski definition) is 1. The van der Waals surface area contributed by atoms with Gasteiger partial charge in [0, 0.05) is 6.42 Å². The molecule has 0 spiro atoms. The predicted molar refractivity (Wildman–Crippen MR) is 86.8 cm³/mol. The van der Waals surface area contributed by atoms with Gasteiger partial charge in [-0.3, -0.25) is 9.78 Å². The van der Waals surface area contributed by atoms with Crippen LogP contribution in [-0.2, 0) is 18.9 Å². The van der Waals surface area contributed by atoms with Gasteiger partial charge in [0.2, 0.25) is 0 Å². The van der Waals surface area contributed by atoms with Crippen LogP contribution in [0.15, 0.2) is 24.3 Å². The molecule has 1 N–H and O–H groups in total. The van der Waals surface area contributed by atoms with E-state index in [-0.39, 0.29) is 12.2 Å². The largest absolute Gasteiger partial charge is 0.564 e. The van der Waals surface area contributed by atoms with Crippen molar-refractivity contribution in [3.05, 3.63) is 29.8 Å². The molecule has 23 heavy (non-hydrogen) atoms. The van der Waals surface area contributed by atoms with Crippen molar-refractivity contribution in [2.24, 2.45) is 0 Å². The zero-order chi connectivity index (χ0) is 17.1. The minimum absolute atomic E-state index is 0.149. The first kappa shape index (κ1) is 19.7. The number of carbonyl (C=O) groups is 1. The molecular weight excluding hydrogens is 319 g/mol. The van der Waals surface area contributed by atoms with Gasteiger partial charge < -0.3 is 4.52 Å². The highest BCUT2D eigenvalue weighted by atomic mass is 31.2. The zero-order valence-corrected chi connectivity index (χ0v) is 14.6. The Labute approximate surface area is 137 Å². The van der Waals surface area contributed by atoms with E-state index in [2.05, 4.69) is 16.5 Å². The second kappa shape index (κ2) is 10.4. The number of phosphoric acid groups is 1. The molecule has 0 radical (unpaired) electrons. The van der Waals surface area contributed by atoms with Gasteiger partial charge >= 0.3 is 13.8 Å². The summed E-state index contributed by atoms with van der Waals surface area (Å²) in [4.78, 5) is 25.3. The average molecular weight is 344 g/mol. The molecule has 0 fully saturated rings. The molecule has 0 bridgehead atoms. The lowest BCUT2D eigenvalue weighted by Crippen LogP contribution is -2.06. The van der Waals surface area contributed by atoms with Crippen LogP contribution in [0.3, 0.4) is 0 Å². The average Bonchev–Trinajstić information content (AvgIpc) is 2.51. The van der Waals surface area contributed by atoms with Gasteiger partial charge in [-0.2, -0.15) is 0 Å². The van der Waals surface area contributed by atoms with Gasteiger partial charge in [0.25, 0.3) is 0 Å². The first-order valence-electron chi connectivity index (χ1n) is 7.91. The molecular formula is C16H25O6P. The van der Waals surface area contributed by atoms with Crippen molar-refractivity contribution in [3.8, 4) is 5.75 Å². The number of rotatable bonds is 11. The van der Waals surface area contributed by atoms with Crippen molar-refractivity contribution in [2.75, 3.05) is 0 Å². The van der Waals surface area contributed by atoms with Crippen LogP contribution in [0, 0.1) is 6.92 Å². The summed E-state index contributed by atoms with van der Waals surface area (Å²) in [5.41, 5.74) is 0.983. The lowest BCUT2D eigenvalue weighted by Gasteiger charge is -2.11. The van der Waals surface area contributed by atoms with Crippen LogP contribution in [0.25, 0.3) is 0 Å². The maximum atomic E-state index is 11.7. The number of benzene rings is 1. The van der Waals surface area contributed by atoms with Crippen LogP contribution < -0.4 is 4.52 Å². The molecule has 1 unspecified atom stereocenters. The molecule has 0 aromatic heterocycles. The fraction of sp³-hybridized carbons (Fsp3) is 0.562. The van der Waals surface area contributed by atoms with E-state index in [1.807, 2.05) is 6.92 Å². The van der Waals surface area contributed by atoms with Crippen molar-refractivity contribution >= 4 is 13.8 Å². The number of unbranched alkanes of at least 4 members (excludes halogenated alkanes) is 5. The molecule has 0 saturated heterocycles. The van der Waals surface area contributed by atoms with Crippen LogP contribution in [0.4, 0.5) is 0 Å². The Morgan fingerprint density at radius 2 is 1.70 bits per heavy atom.